The first-order valence-corrected chi connectivity index (χ1v) is 9.13. The molecule has 0 bridgehead atoms. The molecule has 1 amide bonds. The molecule has 2 aromatic carbocycles. The second-order valence-electron chi connectivity index (χ2n) is 6.49. The second kappa shape index (κ2) is 9.87. The van der Waals surface area contributed by atoms with Crippen LogP contribution < -0.4 is 10.1 Å². The molecule has 2 atom stereocenters. The lowest BCUT2D eigenvalue weighted by molar-refractivity contribution is -0.122. The van der Waals surface area contributed by atoms with E-state index < -0.39 is 0 Å². The van der Waals surface area contributed by atoms with Gasteiger partial charge in [0.25, 0.3) is 0 Å². The van der Waals surface area contributed by atoms with Crippen molar-refractivity contribution in [3.8, 4) is 5.75 Å². The molecule has 1 N–H and O–H groups in total. The summed E-state index contributed by atoms with van der Waals surface area (Å²) in [6, 6.07) is 18.1. The Morgan fingerprint density at radius 2 is 1.76 bits per heavy atom. The molecule has 2 aromatic rings. The number of carbonyl (C=O) groups excluding carboxylic acids is 1. The summed E-state index contributed by atoms with van der Waals surface area (Å²) in [5.41, 5.74) is 2.25. The Bertz CT molecular complexity index is 654. The maximum Gasteiger partial charge on any atom is 0.221 e. The highest BCUT2D eigenvalue weighted by atomic mass is 16.5. The Kier molecular flexibility index (Phi) is 7.52. The Labute approximate surface area is 151 Å². The monoisotopic (exact) mass is 339 g/mol. The van der Waals surface area contributed by atoms with Gasteiger partial charge in [-0.2, -0.15) is 0 Å². The third-order valence-corrected chi connectivity index (χ3v) is 4.59. The van der Waals surface area contributed by atoms with E-state index in [1.54, 1.807) is 7.11 Å². The SMILES string of the molecule is CCCC[C@H](CC(=O)N[C@@H](C)c1ccccc1)c1ccccc1OC. The zero-order chi connectivity index (χ0) is 18.1. The molecule has 3 heteroatoms. The smallest absolute Gasteiger partial charge is 0.221 e. The number of nitrogens with one attached hydrogen (secondary N) is 1. The number of para-hydroxylation sites is 1. The van der Waals surface area contributed by atoms with E-state index in [-0.39, 0.29) is 17.9 Å². The van der Waals surface area contributed by atoms with Gasteiger partial charge in [-0.05, 0) is 36.5 Å². The Hall–Kier alpha value is -2.29. The molecule has 0 spiro atoms. The fourth-order valence-corrected chi connectivity index (χ4v) is 3.17. The van der Waals surface area contributed by atoms with Crippen LogP contribution in [-0.4, -0.2) is 13.0 Å². The fraction of sp³-hybridized carbons (Fsp3) is 0.409. The fourth-order valence-electron chi connectivity index (χ4n) is 3.17. The summed E-state index contributed by atoms with van der Waals surface area (Å²) in [6.07, 6.45) is 3.69. The second-order valence-corrected chi connectivity index (χ2v) is 6.49. The molecule has 0 fully saturated rings. The van der Waals surface area contributed by atoms with Crippen LogP contribution >= 0.6 is 0 Å². The number of methoxy groups -OCH3 is 1. The summed E-state index contributed by atoms with van der Waals surface area (Å²) < 4.78 is 5.51. The van der Waals surface area contributed by atoms with E-state index in [4.69, 9.17) is 4.74 Å². The molecule has 25 heavy (non-hydrogen) atoms. The van der Waals surface area contributed by atoms with Gasteiger partial charge in [0.05, 0.1) is 13.2 Å². The molecule has 0 aliphatic rings. The van der Waals surface area contributed by atoms with E-state index in [9.17, 15) is 4.79 Å². The number of amides is 1. The van der Waals surface area contributed by atoms with E-state index in [1.807, 2.05) is 55.5 Å². The van der Waals surface area contributed by atoms with Crippen molar-refractivity contribution in [1.29, 1.82) is 0 Å². The van der Waals surface area contributed by atoms with Gasteiger partial charge in [0.2, 0.25) is 5.91 Å². The number of hydrogen-bond acceptors (Lipinski definition) is 2. The van der Waals surface area contributed by atoms with Crippen LogP contribution in [0.3, 0.4) is 0 Å². The number of carbonyl (C=O) groups is 1. The minimum absolute atomic E-state index is 0.0122. The summed E-state index contributed by atoms with van der Waals surface area (Å²) in [7, 11) is 1.69. The average Bonchev–Trinajstić information content (AvgIpc) is 2.65. The minimum atomic E-state index is 0.0122. The molecule has 3 nitrogen and oxygen atoms in total. The number of unbranched alkanes of at least 4 members (excludes halogenated alkanes) is 1. The molecule has 0 aliphatic carbocycles. The predicted molar refractivity (Wildman–Crippen MR) is 103 cm³/mol. The van der Waals surface area contributed by atoms with E-state index in [2.05, 4.69) is 18.3 Å². The van der Waals surface area contributed by atoms with E-state index in [0.717, 1.165) is 36.1 Å². The van der Waals surface area contributed by atoms with Gasteiger partial charge in [-0.15, -0.1) is 0 Å². The quantitative estimate of drug-likeness (QED) is 0.679. The van der Waals surface area contributed by atoms with Crippen molar-refractivity contribution < 1.29 is 9.53 Å². The van der Waals surface area contributed by atoms with Crippen molar-refractivity contribution >= 4 is 5.91 Å². The molecule has 0 aliphatic heterocycles. The zero-order valence-corrected chi connectivity index (χ0v) is 15.5. The molecule has 0 unspecified atom stereocenters. The van der Waals surface area contributed by atoms with Crippen LogP contribution in [0, 0.1) is 0 Å². The maximum atomic E-state index is 12.6. The van der Waals surface area contributed by atoms with Crippen LogP contribution in [0.1, 0.15) is 62.6 Å². The van der Waals surface area contributed by atoms with Gasteiger partial charge in [0.1, 0.15) is 5.75 Å². The van der Waals surface area contributed by atoms with Gasteiger partial charge in [0, 0.05) is 6.42 Å². The van der Waals surface area contributed by atoms with Crippen molar-refractivity contribution in [2.24, 2.45) is 0 Å². The Morgan fingerprint density at radius 1 is 1.08 bits per heavy atom. The van der Waals surface area contributed by atoms with Crippen molar-refractivity contribution in [3.63, 3.8) is 0 Å². The van der Waals surface area contributed by atoms with Gasteiger partial charge in [-0.1, -0.05) is 68.3 Å². The van der Waals surface area contributed by atoms with Crippen LogP contribution in [0.2, 0.25) is 0 Å². The van der Waals surface area contributed by atoms with Crippen LogP contribution in [0.5, 0.6) is 5.75 Å². The molecule has 2 rings (SSSR count). The largest absolute Gasteiger partial charge is 0.496 e. The number of rotatable bonds is 9. The maximum absolute atomic E-state index is 12.6. The van der Waals surface area contributed by atoms with Crippen molar-refractivity contribution in [3.05, 3.63) is 65.7 Å². The first-order valence-electron chi connectivity index (χ1n) is 9.13. The van der Waals surface area contributed by atoms with Crippen LogP contribution in [-0.2, 0) is 4.79 Å². The molecule has 0 radical (unpaired) electrons. The molecular weight excluding hydrogens is 310 g/mol. The van der Waals surface area contributed by atoms with E-state index in [1.165, 1.54) is 0 Å². The highest BCUT2D eigenvalue weighted by Gasteiger charge is 2.20. The highest BCUT2D eigenvalue weighted by molar-refractivity contribution is 5.77. The van der Waals surface area contributed by atoms with Crippen LogP contribution in [0.15, 0.2) is 54.6 Å². The molecule has 134 valence electrons. The minimum Gasteiger partial charge on any atom is -0.496 e. The average molecular weight is 339 g/mol. The van der Waals surface area contributed by atoms with Crippen LogP contribution in [0.25, 0.3) is 0 Å². The van der Waals surface area contributed by atoms with E-state index in [0.29, 0.717) is 6.42 Å². The van der Waals surface area contributed by atoms with Gasteiger partial charge in [0.15, 0.2) is 0 Å². The summed E-state index contributed by atoms with van der Waals surface area (Å²) >= 11 is 0. The Morgan fingerprint density at radius 3 is 2.44 bits per heavy atom. The molecule has 0 saturated carbocycles. The standard InChI is InChI=1S/C22H29NO2/c1-4-5-11-19(20-14-9-10-15-21(20)25-3)16-22(24)23-17(2)18-12-7-6-8-13-18/h6-10,12-15,17,19H,4-5,11,16H2,1-3H3,(H,23,24)/t17-,19+/m0/s1. The van der Waals surface area contributed by atoms with Gasteiger partial charge >= 0.3 is 0 Å². The summed E-state index contributed by atoms with van der Waals surface area (Å²) in [5, 5.41) is 3.13. The first-order chi connectivity index (χ1) is 12.2. The first kappa shape index (κ1) is 19.0. The topological polar surface area (TPSA) is 38.3 Å². The van der Waals surface area contributed by atoms with Crippen molar-refractivity contribution in [2.75, 3.05) is 7.11 Å². The van der Waals surface area contributed by atoms with Crippen LogP contribution in [0.4, 0.5) is 0 Å². The predicted octanol–water partition coefficient (Wildman–Crippen LogP) is 5.24. The third-order valence-electron chi connectivity index (χ3n) is 4.59. The number of hydrogen-bond donors (Lipinski definition) is 1. The van der Waals surface area contributed by atoms with Gasteiger partial charge in [-0.3, -0.25) is 4.79 Å². The lowest BCUT2D eigenvalue weighted by atomic mass is 9.89. The number of ether oxygens (including phenoxy) is 1. The van der Waals surface area contributed by atoms with E-state index >= 15 is 0 Å². The molecule has 0 heterocycles. The van der Waals surface area contributed by atoms with Gasteiger partial charge < -0.3 is 10.1 Å². The summed E-state index contributed by atoms with van der Waals surface area (Å²) in [6.45, 7) is 4.20. The summed E-state index contributed by atoms with van der Waals surface area (Å²) in [4.78, 5) is 12.6. The molecular formula is C22H29NO2. The molecule has 0 saturated heterocycles. The Balaban J connectivity index is 2.07. The highest BCUT2D eigenvalue weighted by Crippen LogP contribution is 2.32. The summed E-state index contributed by atoms with van der Waals surface area (Å²) in [5.74, 6) is 1.13. The molecule has 0 aromatic heterocycles. The lowest BCUT2D eigenvalue weighted by Crippen LogP contribution is -2.28. The zero-order valence-electron chi connectivity index (χ0n) is 15.5. The normalized spacial score (nSPS) is 13.1. The number of benzene rings is 2. The van der Waals surface area contributed by atoms with Crippen molar-refractivity contribution in [2.45, 2.75) is 51.5 Å². The van der Waals surface area contributed by atoms with Gasteiger partial charge in [-0.25, -0.2) is 0 Å². The third kappa shape index (κ3) is 5.63. The lowest BCUT2D eigenvalue weighted by Gasteiger charge is -2.21. The van der Waals surface area contributed by atoms with Crippen molar-refractivity contribution in [1.82, 2.24) is 5.32 Å².